The molecule has 0 spiro atoms. The van der Waals surface area contributed by atoms with E-state index in [0.717, 1.165) is 5.56 Å². The van der Waals surface area contributed by atoms with Crippen molar-refractivity contribution in [1.82, 2.24) is 0 Å². The molecule has 0 saturated carbocycles. The minimum Gasteiger partial charge on any atom is -0.488 e. The van der Waals surface area contributed by atoms with Gasteiger partial charge in [0, 0.05) is 26.2 Å². The Labute approximate surface area is 131 Å². The monoisotopic (exact) mass is 329 g/mol. The number of hydrogen-bond acceptors (Lipinski definition) is 3. The number of ether oxygens (including phenoxy) is 1. The van der Waals surface area contributed by atoms with Crippen LogP contribution in [0.3, 0.4) is 0 Å². The highest BCUT2D eigenvalue weighted by atomic mass is 35.5. The van der Waals surface area contributed by atoms with Crippen LogP contribution in [0.4, 0.5) is 0 Å². The molecule has 0 heterocycles. The Kier molecular flexibility index (Phi) is 5.12. The molecule has 0 unspecified atom stereocenters. The van der Waals surface area contributed by atoms with Crippen LogP contribution in [0, 0.1) is 0 Å². The Morgan fingerprint density at radius 3 is 2.45 bits per heavy atom. The van der Waals surface area contributed by atoms with Crippen molar-refractivity contribution in [2.75, 3.05) is 0 Å². The van der Waals surface area contributed by atoms with Crippen LogP contribution in [0.15, 0.2) is 41.6 Å². The first kappa shape index (κ1) is 15.0. The molecule has 0 radical (unpaired) electrons. The molecule has 0 aliphatic rings. The van der Waals surface area contributed by atoms with Gasteiger partial charge in [-0.1, -0.05) is 46.0 Å². The van der Waals surface area contributed by atoms with Crippen molar-refractivity contribution < 1.29 is 9.94 Å². The number of benzene rings is 2. The van der Waals surface area contributed by atoms with Crippen molar-refractivity contribution in [2.24, 2.45) is 5.16 Å². The second-order valence-corrected chi connectivity index (χ2v) is 5.23. The van der Waals surface area contributed by atoms with E-state index < -0.39 is 0 Å². The first-order valence-electron chi connectivity index (χ1n) is 5.64. The molecule has 1 N–H and O–H groups in total. The lowest BCUT2D eigenvalue weighted by atomic mass is 10.2. The SMILES string of the molecule is O/N=C/c1cc(Cl)ccc1OCc1ccc(Cl)cc1Cl. The molecule has 0 bridgehead atoms. The first-order valence-corrected chi connectivity index (χ1v) is 6.77. The summed E-state index contributed by atoms with van der Waals surface area (Å²) in [5.74, 6) is 0.540. The van der Waals surface area contributed by atoms with Crippen LogP contribution in [-0.2, 0) is 6.61 Å². The summed E-state index contributed by atoms with van der Waals surface area (Å²) in [5.41, 5.74) is 1.38. The summed E-state index contributed by atoms with van der Waals surface area (Å²) >= 11 is 17.8. The minimum absolute atomic E-state index is 0.268. The van der Waals surface area contributed by atoms with Crippen molar-refractivity contribution in [3.63, 3.8) is 0 Å². The lowest BCUT2D eigenvalue weighted by Crippen LogP contribution is -1.99. The van der Waals surface area contributed by atoms with Gasteiger partial charge in [0.05, 0.1) is 6.21 Å². The second-order valence-electron chi connectivity index (χ2n) is 3.95. The molecule has 0 saturated heterocycles. The van der Waals surface area contributed by atoms with Gasteiger partial charge in [-0.25, -0.2) is 0 Å². The van der Waals surface area contributed by atoms with Gasteiger partial charge in [0.2, 0.25) is 0 Å². The van der Waals surface area contributed by atoms with E-state index in [2.05, 4.69) is 5.16 Å². The third-order valence-electron chi connectivity index (χ3n) is 2.57. The Bertz CT molecular complexity index is 644. The van der Waals surface area contributed by atoms with E-state index in [9.17, 15) is 0 Å². The van der Waals surface area contributed by atoms with Gasteiger partial charge >= 0.3 is 0 Å². The lowest BCUT2D eigenvalue weighted by molar-refractivity contribution is 0.304. The summed E-state index contributed by atoms with van der Waals surface area (Å²) < 4.78 is 5.66. The van der Waals surface area contributed by atoms with Gasteiger partial charge in [0.15, 0.2) is 0 Å². The van der Waals surface area contributed by atoms with E-state index in [0.29, 0.717) is 26.4 Å². The van der Waals surface area contributed by atoms with Gasteiger partial charge in [0.25, 0.3) is 0 Å². The normalized spacial score (nSPS) is 10.9. The van der Waals surface area contributed by atoms with E-state index >= 15 is 0 Å². The molecule has 0 amide bonds. The average molecular weight is 331 g/mol. The zero-order valence-electron chi connectivity index (χ0n) is 10.2. The molecule has 0 atom stereocenters. The summed E-state index contributed by atoms with van der Waals surface area (Å²) in [6, 6.07) is 10.2. The van der Waals surface area contributed by atoms with Crippen LogP contribution in [-0.4, -0.2) is 11.4 Å². The Morgan fingerprint density at radius 2 is 1.75 bits per heavy atom. The van der Waals surface area contributed by atoms with Gasteiger partial charge in [-0.15, -0.1) is 0 Å². The highest BCUT2D eigenvalue weighted by Gasteiger charge is 2.06. The lowest BCUT2D eigenvalue weighted by Gasteiger charge is -2.10. The molecule has 2 aromatic rings. The topological polar surface area (TPSA) is 41.8 Å². The third kappa shape index (κ3) is 3.79. The maximum absolute atomic E-state index is 8.63. The zero-order valence-corrected chi connectivity index (χ0v) is 12.5. The second kappa shape index (κ2) is 6.84. The van der Waals surface area contributed by atoms with Gasteiger partial charge in [-0.3, -0.25) is 0 Å². The summed E-state index contributed by atoms with van der Waals surface area (Å²) in [4.78, 5) is 0. The van der Waals surface area contributed by atoms with Crippen LogP contribution >= 0.6 is 34.8 Å². The van der Waals surface area contributed by atoms with E-state index in [1.807, 2.05) is 0 Å². The van der Waals surface area contributed by atoms with Gasteiger partial charge < -0.3 is 9.94 Å². The summed E-state index contributed by atoms with van der Waals surface area (Å²) in [7, 11) is 0. The van der Waals surface area contributed by atoms with Crippen molar-refractivity contribution in [3.05, 3.63) is 62.6 Å². The van der Waals surface area contributed by atoms with Gasteiger partial charge in [-0.05, 0) is 30.3 Å². The van der Waals surface area contributed by atoms with Crippen molar-refractivity contribution >= 4 is 41.0 Å². The average Bonchev–Trinajstić information content (AvgIpc) is 2.40. The molecule has 0 aromatic heterocycles. The van der Waals surface area contributed by atoms with Crippen LogP contribution in [0.25, 0.3) is 0 Å². The standard InChI is InChI=1S/C14H10Cl3NO2/c15-11-3-4-14(10(5-11)7-18-19)20-8-9-1-2-12(16)6-13(9)17/h1-7,19H,8H2/b18-7+. The predicted octanol–water partition coefficient (Wildman–Crippen LogP) is 5.03. The summed E-state index contributed by atoms with van der Waals surface area (Å²) in [6.45, 7) is 0.268. The number of oxime groups is 1. The molecule has 0 aliphatic carbocycles. The Balaban J connectivity index is 2.18. The Hall–Kier alpha value is -1.42. The van der Waals surface area contributed by atoms with E-state index in [4.69, 9.17) is 44.7 Å². The fourth-order valence-corrected chi connectivity index (χ4v) is 2.25. The zero-order chi connectivity index (χ0) is 14.5. The number of rotatable bonds is 4. The molecule has 2 rings (SSSR count). The van der Waals surface area contributed by atoms with Crippen molar-refractivity contribution in [1.29, 1.82) is 0 Å². The number of halogens is 3. The largest absolute Gasteiger partial charge is 0.488 e. The predicted molar refractivity (Wildman–Crippen MR) is 81.6 cm³/mol. The highest BCUT2D eigenvalue weighted by molar-refractivity contribution is 6.35. The quantitative estimate of drug-likeness (QED) is 0.485. The molecule has 3 nitrogen and oxygen atoms in total. The van der Waals surface area contributed by atoms with Crippen LogP contribution in [0.5, 0.6) is 5.75 Å². The van der Waals surface area contributed by atoms with E-state index in [1.165, 1.54) is 6.21 Å². The molecule has 0 aliphatic heterocycles. The molecular formula is C14H10Cl3NO2. The van der Waals surface area contributed by atoms with Crippen LogP contribution in [0.1, 0.15) is 11.1 Å². The Morgan fingerprint density at radius 1 is 1.05 bits per heavy atom. The molecule has 6 heteroatoms. The number of hydrogen-bond donors (Lipinski definition) is 1. The van der Waals surface area contributed by atoms with Crippen molar-refractivity contribution in [3.8, 4) is 5.75 Å². The molecule has 0 fully saturated rings. The molecule has 20 heavy (non-hydrogen) atoms. The summed E-state index contributed by atoms with van der Waals surface area (Å²) in [6.07, 6.45) is 1.25. The van der Waals surface area contributed by atoms with Gasteiger partial charge in [-0.2, -0.15) is 0 Å². The smallest absolute Gasteiger partial charge is 0.128 e. The minimum atomic E-state index is 0.268. The van der Waals surface area contributed by atoms with Crippen LogP contribution in [0.2, 0.25) is 15.1 Å². The maximum atomic E-state index is 8.63. The van der Waals surface area contributed by atoms with E-state index in [-0.39, 0.29) is 6.61 Å². The third-order valence-corrected chi connectivity index (χ3v) is 3.39. The molecule has 2 aromatic carbocycles. The summed E-state index contributed by atoms with van der Waals surface area (Å²) in [5, 5.41) is 13.2. The fourth-order valence-electron chi connectivity index (χ4n) is 1.61. The van der Waals surface area contributed by atoms with Gasteiger partial charge in [0.1, 0.15) is 12.4 Å². The highest BCUT2D eigenvalue weighted by Crippen LogP contribution is 2.25. The maximum Gasteiger partial charge on any atom is 0.128 e. The van der Waals surface area contributed by atoms with Crippen LogP contribution < -0.4 is 4.74 Å². The first-order chi connectivity index (χ1) is 9.60. The fraction of sp³-hybridized carbons (Fsp3) is 0.0714. The number of nitrogens with zero attached hydrogens (tertiary/aromatic N) is 1. The molecular weight excluding hydrogens is 321 g/mol. The van der Waals surface area contributed by atoms with E-state index in [1.54, 1.807) is 36.4 Å². The molecule has 104 valence electrons. The van der Waals surface area contributed by atoms with Crippen molar-refractivity contribution in [2.45, 2.75) is 6.61 Å².